The molecule has 0 bridgehead atoms. The standard InChI is InChI=1S/C20H33N3O4.HI/c1-4-27-19-12-16(6-7-18(19)24-3)13-23-20(21-2)22-9-5-10-25-14-17-8-11-26-15-17;/h6-7,12,17H,4-5,8-11,13-15H2,1-3H3,(H2,21,22,23);1H. The number of guanidine groups is 1. The fourth-order valence-corrected chi connectivity index (χ4v) is 2.85. The van der Waals surface area contributed by atoms with Crippen LogP contribution in [-0.2, 0) is 16.0 Å². The number of methoxy groups -OCH3 is 1. The van der Waals surface area contributed by atoms with Crippen molar-refractivity contribution >= 4 is 29.9 Å². The number of aliphatic imine (C=N–C) groups is 1. The van der Waals surface area contributed by atoms with E-state index in [0.717, 1.165) is 68.8 Å². The number of benzene rings is 1. The minimum atomic E-state index is 0. The quantitative estimate of drug-likeness (QED) is 0.208. The molecule has 8 heteroatoms. The van der Waals surface area contributed by atoms with Gasteiger partial charge in [0.25, 0.3) is 0 Å². The van der Waals surface area contributed by atoms with Crippen molar-refractivity contribution < 1.29 is 18.9 Å². The maximum absolute atomic E-state index is 5.71. The molecule has 1 atom stereocenters. The fourth-order valence-electron chi connectivity index (χ4n) is 2.85. The first-order valence-electron chi connectivity index (χ1n) is 9.66. The molecule has 2 N–H and O–H groups in total. The first kappa shape index (κ1) is 24.8. The first-order chi connectivity index (χ1) is 13.3. The zero-order chi connectivity index (χ0) is 19.3. The molecule has 1 unspecified atom stereocenters. The zero-order valence-electron chi connectivity index (χ0n) is 17.2. The van der Waals surface area contributed by atoms with Gasteiger partial charge in [0.15, 0.2) is 17.5 Å². The van der Waals surface area contributed by atoms with Gasteiger partial charge in [-0.2, -0.15) is 0 Å². The lowest BCUT2D eigenvalue weighted by Gasteiger charge is -2.14. The number of hydrogen-bond acceptors (Lipinski definition) is 5. The van der Waals surface area contributed by atoms with Gasteiger partial charge in [-0.15, -0.1) is 24.0 Å². The van der Waals surface area contributed by atoms with E-state index in [1.807, 2.05) is 25.1 Å². The van der Waals surface area contributed by atoms with E-state index in [1.54, 1.807) is 14.2 Å². The van der Waals surface area contributed by atoms with Gasteiger partial charge in [-0.25, -0.2) is 0 Å². The third kappa shape index (κ3) is 8.83. The smallest absolute Gasteiger partial charge is 0.191 e. The molecule has 160 valence electrons. The molecule has 1 aliphatic heterocycles. The molecule has 0 aliphatic carbocycles. The van der Waals surface area contributed by atoms with Gasteiger partial charge in [-0.05, 0) is 37.5 Å². The van der Waals surface area contributed by atoms with Crippen LogP contribution in [0.2, 0.25) is 0 Å². The third-order valence-electron chi connectivity index (χ3n) is 4.35. The summed E-state index contributed by atoms with van der Waals surface area (Å²) in [6.07, 6.45) is 2.05. The predicted octanol–water partition coefficient (Wildman–Crippen LogP) is 2.82. The van der Waals surface area contributed by atoms with E-state index in [-0.39, 0.29) is 24.0 Å². The number of nitrogens with one attached hydrogen (secondary N) is 2. The second-order valence-electron chi connectivity index (χ2n) is 6.43. The average molecular weight is 507 g/mol. The summed E-state index contributed by atoms with van der Waals surface area (Å²) in [6, 6.07) is 5.93. The highest BCUT2D eigenvalue weighted by molar-refractivity contribution is 14.0. The summed E-state index contributed by atoms with van der Waals surface area (Å²) < 4.78 is 22.0. The highest BCUT2D eigenvalue weighted by Gasteiger charge is 2.15. The normalized spacial score (nSPS) is 16.4. The predicted molar refractivity (Wildman–Crippen MR) is 122 cm³/mol. The monoisotopic (exact) mass is 507 g/mol. The van der Waals surface area contributed by atoms with Crippen molar-refractivity contribution in [1.82, 2.24) is 10.6 Å². The van der Waals surface area contributed by atoms with Crippen molar-refractivity contribution in [2.24, 2.45) is 10.9 Å². The van der Waals surface area contributed by atoms with Gasteiger partial charge < -0.3 is 29.6 Å². The summed E-state index contributed by atoms with van der Waals surface area (Å²) >= 11 is 0. The summed E-state index contributed by atoms with van der Waals surface area (Å²) in [5.41, 5.74) is 1.10. The zero-order valence-corrected chi connectivity index (χ0v) is 19.5. The molecule has 1 aliphatic rings. The Morgan fingerprint density at radius 2 is 2.14 bits per heavy atom. The summed E-state index contributed by atoms with van der Waals surface area (Å²) in [5, 5.41) is 6.62. The van der Waals surface area contributed by atoms with E-state index in [9.17, 15) is 0 Å². The molecular formula is C20H34IN3O4. The molecule has 7 nitrogen and oxygen atoms in total. The van der Waals surface area contributed by atoms with Crippen molar-refractivity contribution in [3.63, 3.8) is 0 Å². The molecule has 0 radical (unpaired) electrons. The Bertz CT molecular complexity index is 581. The summed E-state index contributed by atoms with van der Waals surface area (Å²) in [6.45, 7) is 7.29. The van der Waals surface area contributed by atoms with E-state index in [1.165, 1.54) is 0 Å². The van der Waals surface area contributed by atoms with Crippen molar-refractivity contribution in [2.45, 2.75) is 26.3 Å². The van der Waals surface area contributed by atoms with Crippen LogP contribution < -0.4 is 20.1 Å². The first-order valence-corrected chi connectivity index (χ1v) is 9.66. The minimum absolute atomic E-state index is 0. The van der Waals surface area contributed by atoms with E-state index >= 15 is 0 Å². The summed E-state index contributed by atoms with van der Waals surface area (Å²) in [5.74, 6) is 2.84. The van der Waals surface area contributed by atoms with Gasteiger partial charge in [-0.1, -0.05) is 6.07 Å². The Morgan fingerprint density at radius 3 is 2.82 bits per heavy atom. The van der Waals surface area contributed by atoms with Crippen LogP contribution in [0.25, 0.3) is 0 Å². The van der Waals surface area contributed by atoms with Gasteiger partial charge in [0.1, 0.15) is 0 Å². The topological polar surface area (TPSA) is 73.3 Å². The van der Waals surface area contributed by atoms with Gasteiger partial charge in [-0.3, -0.25) is 4.99 Å². The number of hydrogen-bond donors (Lipinski definition) is 2. The van der Waals surface area contributed by atoms with Crippen molar-refractivity contribution in [2.75, 3.05) is 53.7 Å². The molecule has 28 heavy (non-hydrogen) atoms. The molecule has 0 spiro atoms. The van der Waals surface area contributed by atoms with Crippen LogP contribution in [0, 0.1) is 5.92 Å². The maximum atomic E-state index is 5.71. The number of halogens is 1. The Labute approximate surface area is 185 Å². The second-order valence-corrected chi connectivity index (χ2v) is 6.43. The third-order valence-corrected chi connectivity index (χ3v) is 4.35. The number of rotatable bonds is 11. The molecule has 1 heterocycles. The molecule has 1 fully saturated rings. The molecule has 1 saturated heterocycles. The van der Waals surface area contributed by atoms with Gasteiger partial charge >= 0.3 is 0 Å². The van der Waals surface area contributed by atoms with Crippen LogP contribution in [0.15, 0.2) is 23.2 Å². The molecule has 0 aromatic heterocycles. The SMILES string of the molecule is CCOc1cc(CNC(=NC)NCCCOCC2CCOC2)ccc1OC.I. The molecule has 2 rings (SSSR count). The van der Waals surface area contributed by atoms with Crippen LogP contribution in [0.3, 0.4) is 0 Å². The molecular weight excluding hydrogens is 473 g/mol. The molecule has 1 aromatic carbocycles. The Balaban J connectivity index is 0.00000392. The van der Waals surface area contributed by atoms with E-state index in [4.69, 9.17) is 18.9 Å². The minimum Gasteiger partial charge on any atom is -0.493 e. The van der Waals surface area contributed by atoms with Crippen LogP contribution in [-0.4, -0.2) is 59.7 Å². The van der Waals surface area contributed by atoms with Crippen LogP contribution >= 0.6 is 24.0 Å². The van der Waals surface area contributed by atoms with E-state index in [2.05, 4.69) is 15.6 Å². The lowest BCUT2D eigenvalue weighted by molar-refractivity contribution is 0.0888. The maximum Gasteiger partial charge on any atom is 0.191 e. The lowest BCUT2D eigenvalue weighted by atomic mass is 10.1. The number of nitrogens with zero attached hydrogens (tertiary/aromatic N) is 1. The van der Waals surface area contributed by atoms with Crippen LogP contribution in [0.4, 0.5) is 0 Å². The Hall–Kier alpha value is -1.26. The van der Waals surface area contributed by atoms with E-state index < -0.39 is 0 Å². The fraction of sp³-hybridized carbons (Fsp3) is 0.650. The van der Waals surface area contributed by atoms with Crippen molar-refractivity contribution in [1.29, 1.82) is 0 Å². The Morgan fingerprint density at radius 1 is 1.29 bits per heavy atom. The van der Waals surface area contributed by atoms with E-state index in [0.29, 0.717) is 19.1 Å². The average Bonchev–Trinajstić information content (AvgIpc) is 3.21. The van der Waals surface area contributed by atoms with Gasteiger partial charge in [0, 0.05) is 39.3 Å². The molecule has 0 amide bonds. The molecule has 1 aromatic rings. The van der Waals surface area contributed by atoms with Gasteiger partial charge in [0.2, 0.25) is 0 Å². The lowest BCUT2D eigenvalue weighted by Crippen LogP contribution is -2.37. The largest absolute Gasteiger partial charge is 0.493 e. The molecule has 0 saturated carbocycles. The highest BCUT2D eigenvalue weighted by Crippen LogP contribution is 2.27. The summed E-state index contributed by atoms with van der Waals surface area (Å²) in [7, 11) is 3.42. The highest BCUT2D eigenvalue weighted by atomic mass is 127. The van der Waals surface area contributed by atoms with Crippen LogP contribution in [0.1, 0.15) is 25.3 Å². The van der Waals surface area contributed by atoms with Crippen LogP contribution in [0.5, 0.6) is 11.5 Å². The Kier molecular flexibility index (Phi) is 13.0. The van der Waals surface area contributed by atoms with Crippen molar-refractivity contribution in [3.8, 4) is 11.5 Å². The van der Waals surface area contributed by atoms with Gasteiger partial charge in [0.05, 0.1) is 26.9 Å². The second kappa shape index (κ2) is 14.7. The number of ether oxygens (including phenoxy) is 4. The summed E-state index contributed by atoms with van der Waals surface area (Å²) in [4.78, 5) is 4.26. The van der Waals surface area contributed by atoms with Crippen molar-refractivity contribution in [3.05, 3.63) is 23.8 Å².